The summed E-state index contributed by atoms with van der Waals surface area (Å²) in [6.45, 7) is 2.28. The molecule has 10 nitrogen and oxygen atoms in total. The predicted molar refractivity (Wildman–Crippen MR) is 252 cm³/mol. The number of rotatable bonds is 50. The second kappa shape index (κ2) is 46.9. The Morgan fingerprint density at radius 1 is 0.377 bits per heavy atom. The molecule has 0 aromatic heterocycles. The molecule has 11 heteroatoms. The van der Waals surface area contributed by atoms with Gasteiger partial charge >= 0.3 is 19.8 Å². The van der Waals surface area contributed by atoms with E-state index in [1.165, 1.54) is 193 Å². The summed E-state index contributed by atoms with van der Waals surface area (Å²) >= 11 is 0. The van der Waals surface area contributed by atoms with Gasteiger partial charge in [-0.25, -0.2) is 4.57 Å². The van der Waals surface area contributed by atoms with Gasteiger partial charge in [-0.2, -0.15) is 0 Å². The van der Waals surface area contributed by atoms with Crippen molar-refractivity contribution in [3.05, 3.63) is 0 Å². The van der Waals surface area contributed by atoms with Crippen LogP contribution in [0.1, 0.15) is 271 Å². The van der Waals surface area contributed by atoms with Crippen molar-refractivity contribution in [2.75, 3.05) is 26.4 Å². The summed E-state index contributed by atoms with van der Waals surface area (Å²) in [5, 5.41) is 19.2. The van der Waals surface area contributed by atoms with E-state index in [1.54, 1.807) is 0 Å². The Hall–Kier alpha value is -1.03. The van der Waals surface area contributed by atoms with E-state index >= 15 is 0 Å². The maximum Gasteiger partial charge on any atom is 0.472 e. The Morgan fingerprint density at radius 3 is 0.770 bits per heavy atom. The highest BCUT2D eigenvalue weighted by atomic mass is 31.2. The number of unbranched alkanes of at least 4 members (excludes halogenated alkanes) is 36. The lowest BCUT2D eigenvalue weighted by Gasteiger charge is -2.20. The fourth-order valence-electron chi connectivity index (χ4n) is 7.83. The molecular weight excluding hydrogens is 792 g/mol. The van der Waals surface area contributed by atoms with Crippen LogP contribution in [0.2, 0.25) is 0 Å². The first-order chi connectivity index (χ1) is 29.8. The second-order valence-electron chi connectivity index (χ2n) is 17.9. The Kier molecular flexibility index (Phi) is 46.2. The van der Waals surface area contributed by atoms with Gasteiger partial charge in [-0.3, -0.25) is 18.6 Å². The van der Waals surface area contributed by atoms with Crippen LogP contribution in [0.5, 0.6) is 0 Å². The van der Waals surface area contributed by atoms with Crippen LogP contribution in [0, 0.1) is 0 Å². The molecule has 3 atom stereocenters. The molecule has 0 fully saturated rings. The van der Waals surface area contributed by atoms with Crippen LogP contribution in [0.25, 0.3) is 0 Å². The first-order valence-corrected chi connectivity index (χ1v) is 27.5. The van der Waals surface area contributed by atoms with Gasteiger partial charge in [0, 0.05) is 12.8 Å². The van der Waals surface area contributed by atoms with E-state index in [-0.39, 0.29) is 12.8 Å². The van der Waals surface area contributed by atoms with E-state index < -0.39 is 58.4 Å². The molecule has 0 rings (SSSR count). The smallest absolute Gasteiger partial charge is 0.457 e. The maximum atomic E-state index is 12.4. The zero-order valence-corrected chi connectivity index (χ0v) is 40.8. The van der Waals surface area contributed by atoms with Crippen molar-refractivity contribution in [3.63, 3.8) is 0 Å². The van der Waals surface area contributed by atoms with Gasteiger partial charge in [0.2, 0.25) is 0 Å². The van der Waals surface area contributed by atoms with Gasteiger partial charge in [0.25, 0.3) is 0 Å². The van der Waals surface area contributed by atoms with Crippen LogP contribution in [-0.2, 0) is 32.7 Å². The summed E-state index contributed by atoms with van der Waals surface area (Å²) in [6.07, 6.45) is 46.5. The molecule has 0 saturated carbocycles. The van der Waals surface area contributed by atoms with Crippen LogP contribution < -0.4 is 0 Å². The van der Waals surface area contributed by atoms with Crippen molar-refractivity contribution >= 4 is 19.8 Å². The van der Waals surface area contributed by atoms with Crippen LogP contribution >= 0.6 is 7.82 Å². The minimum atomic E-state index is -4.63. The molecule has 364 valence electrons. The molecule has 0 bridgehead atoms. The zero-order chi connectivity index (χ0) is 44.8. The molecule has 0 aliphatic heterocycles. The van der Waals surface area contributed by atoms with Gasteiger partial charge in [0.15, 0.2) is 0 Å². The van der Waals surface area contributed by atoms with Crippen molar-refractivity contribution < 1.29 is 47.8 Å². The minimum absolute atomic E-state index is 0.200. The number of phosphoric acid groups is 1. The van der Waals surface area contributed by atoms with Crippen LogP contribution in [-0.4, -0.2) is 65.7 Å². The normalized spacial score (nSPS) is 13.6. The Morgan fingerprint density at radius 2 is 0.574 bits per heavy atom. The van der Waals surface area contributed by atoms with Crippen LogP contribution in [0.3, 0.4) is 0 Å². The maximum absolute atomic E-state index is 12.4. The molecule has 0 radical (unpaired) electrons. The third kappa shape index (κ3) is 45.3. The van der Waals surface area contributed by atoms with Gasteiger partial charge in [-0.1, -0.05) is 245 Å². The molecule has 0 aromatic carbocycles. The lowest BCUT2D eigenvalue weighted by molar-refractivity contribution is -0.153. The number of hydrogen-bond acceptors (Lipinski definition) is 9. The molecule has 61 heavy (non-hydrogen) atoms. The van der Waals surface area contributed by atoms with Gasteiger partial charge in [0.1, 0.15) is 12.2 Å². The van der Waals surface area contributed by atoms with Crippen LogP contribution in [0.15, 0.2) is 0 Å². The molecule has 0 aliphatic rings. The van der Waals surface area contributed by atoms with E-state index in [2.05, 4.69) is 13.8 Å². The first kappa shape index (κ1) is 60.0. The highest BCUT2D eigenvalue weighted by Crippen LogP contribution is 2.43. The van der Waals surface area contributed by atoms with Crippen molar-refractivity contribution in [2.24, 2.45) is 0 Å². The largest absolute Gasteiger partial charge is 0.472 e. The lowest BCUT2D eigenvalue weighted by atomic mass is 10.0. The van der Waals surface area contributed by atoms with Crippen molar-refractivity contribution in [1.82, 2.24) is 0 Å². The summed E-state index contributed by atoms with van der Waals surface area (Å²) in [7, 11) is -4.63. The fourth-order valence-corrected chi connectivity index (χ4v) is 8.61. The number of ether oxygens (including phenoxy) is 2. The molecule has 0 amide bonds. The number of carbonyl (C=O) groups is 2. The predicted octanol–water partition coefficient (Wildman–Crippen LogP) is 14.6. The molecular formula is C50H99O10P. The zero-order valence-electron chi connectivity index (χ0n) is 39.9. The summed E-state index contributed by atoms with van der Waals surface area (Å²) in [6, 6.07) is 0. The lowest BCUT2D eigenvalue weighted by Crippen LogP contribution is -2.28. The number of hydrogen-bond donors (Lipinski definition) is 3. The van der Waals surface area contributed by atoms with E-state index in [0.29, 0.717) is 12.8 Å². The van der Waals surface area contributed by atoms with Gasteiger partial charge in [-0.05, 0) is 12.8 Å². The number of aliphatic hydroxyl groups is 2. The summed E-state index contributed by atoms with van der Waals surface area (Å²) in [4.78, 5) is 34.7. The average Bonchev–Trinajstić information content (AvgIpc) is 3.25. The first-order valence-electron chi connectivity index (χ1n) is 26.0. The second-order valence-corrected chi connectivity index (χ2v) is 19.3. The van der Waals surface area contributed by atoms with Crippen molar-refractivity contribution in [2.45, 2.75) is 283 Å². The van der Waals surface area contributed by atoms with Gasteiger partial charge < -0.3 is 24.6 Å². The number of esters is 2. The van der Waals surface area contributed by atoms with E-state index in [9.17, 15) is 29.3 Å². The Balaban J connectivity index is 3.78. The summed E-state index contributed by atoms with van der Waals surface area (Å²) < 4.78 is 32.7. The topological polar surface area (TPSA) is 149 Å². The monoisotopic (exact) mass is 891 g/mol. The third-order valence-electron chi connectivity index (χ3n) is 11.8. The van der Waals surface area contributed by atoms with Crippen LogP contribution in [0.4, 0.5) is 0 Å². The third-order valence-corrected chi connectivity index (χ3v) is 12.8. The Labute approximate surface area is 375 Å². The molecule has 0 spiro atoms. The SMILES string of the molecule is CCCCCCCCCCCCCCCCCCCCCCCC(=O)OC(CO)COP(=O)(O)OCC(CO)OC(=O)CCCCCCCCCCCCCCCCCCC. The number of phosphoric ester groups is 1. The van der Waals surface area contributed by atoms with Gasteiger partial charge in [-0.15, -0.1) is 0 Å². The highest BCUT2D eigenvalue weighted by molar-refractivity contribution is 7.47. The molecule has 0 saturated heterocycles. The quantitative estimate of drug-likeness (QED) is 0.0306. The number of aliphatic hydroxyl groups excluding tert-OH is 2. The minimum Gasteiger partial charge on any atom is -0.457 e. The summed E-state index contributed by atoms with van der Waals surface area (Å²) in [5.74, 6) is -0.999. The molecule has 0 heterocycles. The highest BCUT2D eigenvalue weighted by Gasteiger charge is 2.27. The average molecular weight is 891 g/mol. The molecule has 3 N–H and O–H groups in total. The van der Waals surface area contributed by atoms with Crippen molar-refractivity contribution in [1.29, 1.82) is 0 Å². The fraction of sp³-hybridized carbons (Fsp3) is 0.960. The number of carbonyl (C=O) groups excluding carboxylic acids is 2. The Bertz CT molecular complexity index is 982. The van der Waals surface area contributed by atoms with E-state index in [4.69, 9.17) is 18.5 Å². The molecule has 3 unspecified atom stereocenters. The van der Waals surface area contributed by atoms with Gasteiger partial charge in [0.05, 0.1) is 26.4 Å². The molecule has 0 aliphatic carbocycles. The molecule has 0 aromatic rings. The van der Waals surface area contributed by atoms with E-state index in [1.807, 2.05) is 0 Å². The van der Waals surface area contributed by atoms with E-state index in [0.717, 1.165) is 38.5 Å². The standard InChI is InChI=1S/C50H99O10P/c1-3-5-7-9-11-13-15-17-19-21-22-23-24-26-28-30-32-34-36-38-40-42-50(54)60-48(44-52)46-58-61(55,56)57-45-47(43-51)59-49(53)41-39-37-35-33-31-29-27-25-20-18-16-14-12-10-8-6-4-2/h47-48,51-52H,3-46H2,1-2H3,(H,55,56). The summed E-state index contributed by atoms with van der Waals surface area (Å²) in [5.41, 5.74) is 0. The van der Waals surface area contributed by atoms with Crippen molar-refractivity contribution in [3.8, 4) is 0 Å².